The van der Waals surface area contributed by atoms with Gasteiger partial charge in [-0.05, 0) is 44.0 Å². The number of hydrogen-bond acceptors (Lipinski definition) is 3. The molecule has 0 radical (unpaired) electrons. The number of carbonyl (C=O) groups is 1. The topological polar surface area (TPSA) is 47.4 Å². The van der Waals surface area contributed by atoms with E-state index in [0.29, 0.717) is 24.6 Å². The van der Waals surface area contributed by atoms with Crippen molar-refractivity contribution in [2.24, 2.45) is 0 Å². The van der Waals surface area contributed by atoms with Gasteiger partial charge in [-0.3, -0.25) is 4.79 Å². The highest BCUT2D eigenvalue weighted by atomic mass is 35.5. The molecule has 1 amide bonds. The molecule has 1 aromatic heterocycles. The fraction of sp³-hybridized carbons (Fsp3) is 0.333. The number of piperidine rings is 1. The van der Waals surface area contributed by atoms with E-state index in [1.807, 2.05) is 77.3 Å². The van der Waals surface area contributed by atoms with Crippen LogP contribution in [0.1, 0.15) is 25.3 Å². The summed E-state index contributed by atoms with van der Waals surface area (Å²) in [7, 11) is 0. The molecular formula is C24H26ClN3O2. The zero-order chi connectivity index (χ0) is 20.9. The Morgan fingerprint density at radius 3 is 2.67 bits per heavy atom. The predicted molar refractivity (Wildman–Crippen MR) is 119 cm³/mol. The van der Waals surface area contributed by atoms with Gasteiger partial charge in [0.15, 0.2) is 0 Å². The van der Waals surface area contributed by atoms with Crippen LogP contribution in [0.15, 0.2) is 60.8 Å². The van der Waals surface area contributed by atoms with Crippen molar-refractivity contribution in [1.82, 2.24) is 14.7 Å². The molecule has 156 valence electrons. The number of ether oxygens (including phenoxy) is 1. The average molecular weight is 424 g/mol. The Balaban J connectivity index is 1.61. The van der Waals surface area contributed by atoms with Crippen LogP contribution in [0.2, 0.25) is 5.02 Å². The normalized spacial score (nSPS) is 16.6. The lowest BCUT2D eigenvalue weighted by molar-refractivity contribution is -0.134. The van der Waals surface area contributed by atoms with E-state index >= 15 is 0 Å². The Morgan fingerprint density at radius 2 is 1.93 bits per heavy atom. The van der Waals surface area contributed by atoms with Crippen LogP contribution in [0, 0.1) is 0 Å². The molecule has 2 aromatic carbocycles. The summed E-state index contributed by atoms with van der Waals surface area (Å²) < 4.78 is 7.60. The summed E-state index contributed by atoms with van der Waals surface area (Å²) in [6.45, 7) is 4.12. The first-order valence-corrected chi connectivity index (χ1v) is 10.8. The lowest BCUT2D eigenvalue weighted by atomic mass is 10.0. The molecule has 1 atom stereocenters. The Hall–Kier alpha value is -2.63. The Morgan fingerprint density at radius 1 is 1.17 bits per heavy atom. The summed E-state index contributed by atoms with van der Waals surface area (Å²) in [5.41, 5.74) is 3.62. The first kappa shape index (κ1) is 20.6. The summed E-state index contributed by atoms with van der Waals surface area (Å²) in [5, 5.41) is 5.48. The maximum Gasteiger partial charge on any atom is 0.227 e. The van der Waals surface area contributed by atoms with E-state index in [2.05, 4.69) is 0 Å². The van der Waals surface area contributed by atoms with Crippen LogP contribution in [0.4, 0.5) is 0 Å². The van der Waals surface area contributed by atoms with E-state index < -0.39 is 0 Å². The van der Waals surface area contributed by atoms with Crippen molar-refractivity contribution in [2.75, 3.05) is 19.7 Å². The second kappa shape index (κ2) is 9.45. The van der Waals surface area contributed by atoms with Crippen molar-refractivity contribution < 1.29 is 9.53 Å². The Kier molecular flexibility index (Phi) is 6.50. The minimum absolute atomic E-state index is 0.113. The molecule has 3 aromatic rings. The van der Waals surface area contributed by atoms with Gasteiger partial charge >= 0.3 is 0 Å². The van der Waals surface area contributed by atoms with Crippen LogP contribution >= 0.6 is 11.6 Å². The molecule has 6 heteroatoms. The molecule has 4 rings (SSSR count). The summed E-state index contributed by atoms with van der Waals surface area (Å²) in [6.07, 6.45) is 4.39. The van der Waals surface area contributed by atoms with Crippen molar-refractivity contribution in [1.29, 1.82) is 0 Å². The number of benzene rings is 2. The highest BCUT2D eigenvalue weighted by Crippen LogP contribution is 2.26. The number of rotatable bonds is 6. The van der Waals surface area contributed by atoms with E-state index in [4.69, 9.17) is 21.4 Å². The molecule has 30 heavy (non-hydrogen) atoms. The monoisotopic (exact) mass is 423 g/mol. The van der Waals surface area contributed by atoms with Gasteiger partial charge in [0.25, 0.3) is 0 Å². The average Bonchev–Trinajstić information content (AvgIpc) is 3.19. The van der Waals surface area contributed by atoms with Crippen molar-refractivity contribution >= 4 is 17.5 Å². The van der Waals surface area contributed by atoms with Gasteiger partial charge in [-0.2, -0.15) is 5.10 Å². The fourth-order valence-corrected chi connectivity index (χ4v) is 4.04. The smallest absolute Gasteiger partial charge is 0.227 e. The van der Waals surface area contributed by atoms with Crippen LogP contribution in [0.25, 0.3) is 16.9 Å². The molecule has 5 nitrogen and oxygen atoms in total. The van der Waals surface area contributed by atoms with Gasteiger partial charge in [0.05, 0.1) is 23.9 Å². The molecule has 0 N–H and O–H groups in total. The van der Waals surface area contributed by atoms with E-state index in [0.717, 1.165) is 41.9 Å². The molecule has 1 fully saturated rings. The maximum atomic E-state index is 13.1. The minimum Gasteiger partial charge on any atom is -0.377 e. The molecule has 1 unspecified atom stereocenters. The van der Waals surface area contributed by atoms with E-state index in [-0.39, 0.29) is 12.0 Å². The summed E-state index contributed by atoms with van der Waals surface area (Å²) in [6, 6.07) is 17.5. The van der Waals surface area contributed by atoms with Gasteiger partial charge in [-0.25, -0.2) is 4.68 Å². The third-order valence-electron chi connectivity index (χ3n) is 5.40. The quantitative estimate of drug-likeness (QED) is 0.574. The van der Waals surface area contributed by atoms with Crippen molar-refractivity contribution in [3.05, 3.63) is 71.4 Å². The lowest BCUT2D eigenvalue weighted by Crippen LogP contribution is -2.43. The number of para-hydroxylation sites is 1. The van der Waals surface area contributed by atoms with Gasteiger partial charge < -0.3 is 9.64 Å². The van der Waals surface area contributed by atoms with Gasteiger partial charge in [0, 0.05) is 42.0 Å². The number of nitrogens with zero attached hydrogens (tertiary/aromatic N) is 3. The maximum absolute atomic E-state index is 13.1. The zero-order valence-electron chi connectivity index (χ0n) is 17.1. The van der Waals surface area contributed by atoms with Gasteiger partial charge in [0.2, 0.25) is 5.91 Å². The van der Waals surface area contributed by atoms with Crippen molar-refractivity contribution in [2.45, 2.75) is 32.3 Å². The molecule has 1 aliphatic heterocycles. The third kappa shape index (κ3) is 4.74. The summed E-state index contributed by atoms with van der Waals surface area (Å²) >= 11 is 6.07. The number of carbonyl (C=O) groups excluding carboxylic acids is 1. The Bertz CT molecular complexity index is 983. The number of likely N-dealkylation sites (tertiary alicyclic amines) is 1. The van der Waals surface area contributed by atoms with Crippen LogP contribution in [0.3, 0.4) is 0 Å². The first-order valence-electron chi connectivity index (χ1n) is 10.4. The predicted octanol–water partition coefficient (Wildman–Crippen LogP) is 4.76. The first-order chi connectivity index (χ1) is 14.6. The van der Waals surface area contributed by atoms with Crippen molar-refractivity contribution in [3.63, 3.8) is 0 Å². The molecule has 1 aliphatic rings. The summed E-state index contributed by atoms with van der Waals surface area (Å²) in [5.74, 6) is 0.113. The molecule has 0 spiro atoms. The van der Waals surface area contributed by atoms with Gasteiger partial charge in [-0.1, -0.05) is 41.9 Å². The van der Waals surface area contributed by atoms with Crippen molar-refractivity contribution in [3.8, 4) is 16.9 Å². The van der Waals surface area contributed by atoms with E-state index in [1.54, 1.807) is 0 Å². The van der Waals surface area contributed by atoms with E-state index in [9.17, 15) is 4.79 Å². The Labute approximate surface area is 182 Å². The van der Waals surface area contributed by atoms with Crippen LogP contribution in [-0.4, -0.2) is 46.4 Å². The summed E-state index contributed by atoms with van der Waals surface area (Å²) in [4.78, 5) is 15.0. The lowest BCUT2D eigenvalue weighted by Gasteiger charge is -2.32. The highest BCUT2D eigenvalue weighted by molar-refractivity contribution is 6.30. The number of halogens is 1. The highest BCUT2D eigenvalue weighted by Gasteiger charge is 2.25. The van der Waals surface area contributed by atoms with Gasteiger partial charge in [0.1, 0.15) is 0 Å². The van der Waals surface area contributed by atoms with E-state index in [1.165, 1.54) is 0 Å². The molecule has 1 saturated heterocycles. The SMILES string of the molecule is CCOC1CCCN(C(=O)Cc2cn(-c3ccccc3)nc2-c2ccc(Cl)cc2)C1. The molecular weight excluding hydrogens is 398 g/mol. The number of hydrogen-bond donors (Lipinski definition) is 0. The number of amides is 1. The molecule has 2 heterocycles. The standard InChI is InChI=1S/C24H26ClN3O2/c1-2-30-22-9-6-14-27(17-22)23(29)15-19-16-28(21-7-4-3-5-8-21)26-24(19)18-10-12-20(25)13-11-18/h3-5,7-8,10-13,16,22H,2,6,9,14-15,17H2,1H3. The minimum atomic E-state index is 0.113. The largest absolute Gasteiger partial charge is 0.377 e. The number of aromatic nitrogens is 2. The van der Waals surface area contributed by atoms with Gasteiger partial charge in [-0.15, -0.1) is 0 Å². The second-order valence-corrected chi connectivity index (χ2v) is 7.96. The third-order valence-corrected chi connectivity index (χ3v) is 5.66. The molecule has 0 aliphatic carbocycles. The van der Waals surface area contributed by atoms with Crippen LogP contribution in [-0.2, 0) is 16.0 Å². The zero-order valence-corrected chi connectivity index (χ0v) is 17.9. The molecule has 0 saturated carbocycles. The fourth-order valence-electron chi connectivity index (χ4n) is 3.91. The molecule has 0 bridgehead atoms. The van der Waals surface area contributed by atoms with Crippen LogP contribution < -0.4 is 0 Å². The van der Waals surface area contributed by atoms with Crippen LogP contribution in [0.5, 0.6) is 0 Å². The second-order valence-electron chi connectivity index (χ2n) is 7.53.